The van der Waals surface area contributed by atoms with Crippen molar-refractivity contribution in [2.45, 2.75) is 43.9 Å². The first kappa shape index (κ1) is 29.9. The number of nitrogens with zero attached hydrogens (tertiary/aromatic N) is 2. The number of amides is 1. The average molecular weight is 551 g/mol. The van der Waals surface area contributed by atoms with E-state index in [0.29, 0.717) is 0 Å². The van der Waals surface area contributed by atoms with Gasteiger partial charge in [-0.25, -0.2) is 4.39 Å². The van der Waals surface area contributed by atoms with Crippen LogP contribution >= 0.6 is 0 Å². The molecule has 0 spiro atoms. The number of carbonyl (C=O) groups is 2. The molecule has 2 aromatic rings. The highest BCUT2D eigenvalue weighted by Crippen LogP contribution is 2.51. The Hall–Kier alpha value is -3.65. The highest BCUT2D eigenvalue weighted by Gasteiger charge is 2.64. The Morgan fingerprint density at radius 2 is 1.74 bits per heavy atom. The number of methoxy groups -OCH3 is 2. The quantitative estimate of drug-likeness (QED) is 0.319. The van der Waals surface area contributed by atoms with E-state index in [1.807, 2.05) is 0 Å². The third kappa shape index (κ3) is 5.71. The molecule has 210 valence electrons. The van der Waals surface area contributed by atoms with Gasteiger partial charge < -0.3 is 19.1 Å². The van der Waals surface area contributed by atoms with Gasteiger partial charge in [0.05, 0.1) is 32.1 Å². The molecule has 7 nitrogen and oxygen atoms in total. The molecule has 1 unspecified atom stereocenters. The van der Waals surface area contributed by atoms with Crippen LogP contribution in [0.4, 0.5) is 17.6 Å². The zero-order valence-corrected chi connectivity index (χ0v) is 21.9. The molecule has 1 aliphatic rings. The molecule has 1 fully saturated rings. The van der Waals surface area contributed by atoms with Gasteiger partial charge in [0, 0.05) is 36.7 Å². The molecule has 0 aromatic heterocycles. The summed E-state index contributed by atoms with van der Waals surface area (Å²) in [5, 5.41) is 10.2. The number of hydrogen-bond donors (Lipinski definition) is 0. The van der Waals surface area contributed by atoms with Gasteiger partial charge in [-0.1, -0.05) is 30.3 Å². The van der Waals surface area contributed by atoms with E-state index in [1.54, 1.807) is 6.92 Å². The molecule has 1 amide bonds. The number of benzene rings is 2. The smallest absolute Gasteiger partial charge is 0.430 e. The molecule has 1 heterocycles. The van der Waals surface area contributed by atoms with E-state index in [4.69, 9.17) is 14.2 Å². The summed E-state index contributed by atoms with van der Waals surface area (Å²) in [6.45, 7) is 1.29. The summed E-state index contributed by atoms with van der Waals surface area (Å²) in [7, 11) is 2.19. The number of hydrogen-bond acceptors (Lipinski definition) is 6. The van der Waals surface area contributed by atoms with E-state index < -0.39 is 40.8 Å². The summed E-state index contributed by atoms with van der Waals surface area (Å²) >= 11 is 0. The number of alkyl halides is 3. The fourth-order valence-corrected chi connectivity index (χ4v) is 5.31. The molecule has 1 saturated heterocycles. The molecule has 2 aromatic carbocycles. The molecule has 3 rings (SSSR count). The Bertz CT molecular complexity index is 1210. The first-order chi connectivity index (χ1) is 18.5. The van der Waals surface area contributed by atoms with Crippen LogP contribution in [0.1, 0.15) is 43.2 Å². The SMILES string of the molecule is CCOC(=O)CC1(C(C#N)c2cc(F)ccc2OC)CCN(C(=O)[C@](OC)(c2ccccc2)C(F)(F)F)CC1. The van der Waals surface area contributed by atoms with Gasteiger partial charge in [0.25, 0.3) is 11.5 Å². The van der Waals surface area contributed by atoms with Gasteiger partial charge in [-0.15, -0.1) is 0 Å². The van der Waals surface area contributed by atoms with Crippen molar-refractivity contribution >= 4 is 11.9 Å². The normalized spacial score (nSPS) is 17.4. The molecule has 0 N–H and O–H groups in total. The van der Waals surface area contributed by atoms with Crippen LogP contribution in [-0.2, 0) is 24.7 Å². The number of rotatable bonds is 9. The fourth-order valence-electron chi connectivity index (χ4n) is 5.31. The van der Waals surface area contributed by atoms with Crippen LogP contribution in [0.5, 0.6) is 5.75 Å². The van der Waals surface area contributed by atoms with Crippen molar-refractivity contribution in [3.05, 3.63) is 65.5 Å². The summed E-state index contributed by atoms with van der Waals surface area (Å²) in [5.74, 6) is -3.38. The van der Waals surface area contributed by atoms with Gasteiger partial charge in [-0.05, 0) is 38.0 Å². The number of carbonyl (C=O) groups excluding carboxylic acids is 2. The summed E-state index contributed by atoms with van der Waals surface area (Å²) in [6, 6.07) is 12.5. The maximum absolute atomic E-state index is 14.5. The van der Waals surface area contributed by atoms with Gasteiger partial charge in [0.1, 0.15) is 11.6 Å². The van der Waals surface area contributed by atoms with Gasteiger partial charge in [-0.2, -0.15) is 18.4 Å². The van der Waals surface area contributed by atoms with E-state index >= 15 is 0 Å². The molecule has 1 aliphatic heterocycles. The molecule has 0 radical (unpaired) electrons. The first-order valence-electron chi connectivity index (χ1n) is 12.3. The number of piperidine rings is 1. The molecule has 0 aliphatic carbocycles. The summed E-state index contributed by atoms with van der Waals surface area (Å²) in [4.78, 5) is 27.2. The molecule has 0 saturated carbocycles. The lowest BCUT2D eigenvalue weighted by molar-refractivity contribution is -0.271. The van der Waals surface area contributed by atoms with Crippen molar-refractivity contribution in [3.8, 4) is 11.8 Å². The van der Waals surface area contributed by atoms with Crippen molar-refractivity contribution in [1.29, 1.82) is 5.26 Å². The molecular formula is C28H30F4N2O5. The zero-order valence-electron chi connectivity index (χ0n) is 21.9. The van der Waals surface area contributed by atoms with E-state index in [0.717, 1.165) is 18.1 Å². The standard InChI is InChI=1S/C28H30F4N2O5/c1-4-39-24(35)17-26(22(18-33)21-16-20(29)10-11-23(21)37-2)12-14-34(15-13-26)25(36)27(38-3,28(30,31)32)19-8-6-5-7-9-19/h5-11,16,22H,4,12-15,17H2,1-3H3/t22?,27-/m1/s1. The molecule has 39 heavy (non-hydrogen) atoms. The lowest BCUT2D eigenvalue weighted by Gasteiger charge is -2.46. The highest BCUT2D eigenvalue weighted by molar-refractivity contribution is 5.88. The topological polar surface area (TPSA) is 88.9 Å². The van der Waals surface area contributed by atoms with Crippen molar-refractivity contribution < 1.29 is 41.4 Å². The van der Waals surface area contributed by atoms with Crippen molar-refractivity contribution in [2.75, 3.05) is 33.9 Å². The predicted molar refractivity (Wildman–Crippen MR) is 132 cm³/mol. The van der Waals surface area contributed by atoms with Crippen LogP contribution in [0.25, 0.3) is 0 Å². The second kappa shape index (κ2) is 12.0. The molecule has 0 bridgehead atoms. The van der Waals surface area contributed by atoms with Crippen LogP contribution in [0.15, 0.2) is 48.5 Å². The van der Waals surface area contributed by atoms with E-state index in [-0.39, 0.29) is 55.8 Å². The number of nitriles is 1. The minimum Gasteiger partial charge on any atom is -0.496 e. The maximum Gasteiger partial charge on any atom is 0.430 e. The third-order valence-electron chi connectivity index (χ3n) is 7.28. The number of likely N-dealkylation sites (tertiary alicyclic amines) is 1. The Labute approximate surface area is 224 Å². The fraction of sp³-hybridized carbons (Fsp3) is 0.464. The number of esters is 1. The second-order valence-electron chi connectivity index (χ2n) is 9.33. The van der Waals surface area contributed by atoms with Crippen LogP contribution < -0.4 is 4.74 Å². The van der Waals surface area contributed by atoms with E-state index in [2.05, 4.69) is 6.07 Å². The monoisotopic (exact) mass is 550 g/mol. The molecular weight excluding hydrogens is 520 g/mol. The molecule has 11 heteroatoms. The number of ether oxygens (including phenoxy) is 3. The van der Waals surface area contributed by atoms with Crippen LogP contribution in [0, 0.1) is 22.6 Å². The third-order valence-corrected chi connectivity index (χ3v) is 7.28. The lowest BCUT2D eigenvalue weighted by Crippen LogP contribution is -2.59. The minimum absolute atomic E-state index is 0.0259. The Morgan fingerprint density at radius 3 is 2.26 bits per heavy atom. The van der Waals surface area contributed by atoms with Crippen molar-refractivity contribution in [3.63, 3.8) is 0 Å². The summed E-state index contributed by atoms with van der Waals surface area (Å²) < 4.78 is 73.1. The van der Waals surface area contributed by atoms with Crippen molar-refractivity contribution in [2.24, 2.45) is 5.41 Å². The lowest BCUT2D eigenvalue weighted by atomic mass is 9.64. The van der Waals surface area contributed by atoms with Crippen LogP contribution in [0.3, 0.4) is 0 Å². The summed E-state index contributed by atoms with van der Waals surface area (Å²) in [5.41, 5.74) is -4.57. The predicted octanol–water partition coefficient (Wildman–Crippen LogP) is 5.11. The van der Waals surface area contributed by atoms with Crippen molar-refractivity contribution in [1.82, 2.24) is 4.90 Å². The average Bonchev–Trinajstić information content (AvgIpc) is 2.90. The number of halogens is 4. The summed E-state index contributed by atoms with van der Waals surface area (Å²) in [6.07, 6.45) is -5.39. The van der Waals surface area contributed by atoms with Gasteiger partial charge in [-0.3, -0.25) is 9.59 Å². The van der Waals surface area contributed by atoms with Gasteiger partial charge in [0.15, 0.2) is 0 Å². The van der Waals surface area contributed by atoms with Crippen LogP contribution in [-0.4, -0.2) is 56.9 Å². The van der Waals surface area contributed by atoms with Gasteiger partial charge in [0.2, 0.25) is 0 Å². The zero-order chi connectivity index (χ0) is 28.8. The van der Waals surface area contributed by atoms with E-state index in [9.17, 15) is 32.4 Å². The Morgan fingerprint density at radius 1 is 1.10 bits per heavy atom. The molecule has 2 atom stereocenters. The minimum atomic E-state index is -5.08. The maximum atomic E-state index is 14.5. The van der Waals surface area contributed by atoms with E-state index in [1.165, 1.54) is 49.6 Å². The highest BCUT2D eigenvalue weighted by atomic mass is 19.4. The first-order valence-corrected chi connectivity index (χ1v) is 12.3. The Kier molecular flexibility index (Phi) is 9.22. The Balaban J connectivity index is 2.02. The second-order valence-corrected chi connectivity index (χ2v) is 9.33. The van der Waals surface area contributed by atoms with Crippen LogP contribution in [0.2, 0.25) is 0 Å². The van der Waals surface area contributed by atoms with Gasteiger partial charge >= 0.3 is 12.1 Å². The largest absolute Gasteiger partial charge is 0.496 e.